The number of piperazine rings is 1. The minimum absolute atomic E-state index is 0. The Morgan fingerprint density at radius 2 is 1.86 bits per heavy atom. The highest BCUT2D eigenvalue weighted by atomic mass is 35.5. The standard InChI is InChI=1S/C16H25N3O.ClH/c1-11-5-6-15(7-12(11)2)18-16(20)10-19-8-13(3)17-14(4)9-19;/h5-7,13-14,17H,8-10H2,1-4H3,(H,18,20);1H. The molecular formula is C16H26ClN3O. The molecule has 1 aliphatic heterocycles. The van der Waals surface area contributed by atoms with E-state index in [0.29, 0.717) is 18.6 Å². The third kappa shape index (κ3) is 5.30. The summed E-state index contributed by atoms with van der Waals surface area (Å²) in [5.74, 6) is 0.0644. The largest absolute Gasteiger partial charge is 0.325 e. The molecule has 118 valence electrons. The summed E-state index contributed by atoms with van der Waals surface area (Å²) in [5, 5.41) is 6.46. The number of halogens is 1. The summed E-state index contributed by atoms with van der Waals surface area (Å²) in [7, 11) is 0. The normalized spacial score (nSPS) is 22.5. The van der Waals surface area contributed by atoms with Crippen LogP contribution in [0.2, 0.25) is 0 Å². The number of nitrogens with zero attached hydrogens (tertiary/aromatic N) is 1. The molecule has 0 aromatic heterocycles. The van der Waals surface area contributed by atoms with E-state index >= 15 is 0 Å². The van der Waals surface area contributed by atoms with Crippen LogP contribution in [0.1, 0.15) is 25.0 Å². The Balaban J connectivity index is 0.00000220. The van der Waals surface area contributed by atoms with E-state index in [0.717, 1.165) is 18.8 Å². The van der Waals surface area contributed by atoms with Crippen molar-refractivity contribution in [1.29, 1.82) is 0 Å². The maximum absolute atomic E-state index is 12.1. The van der Waals surface area contributed by atoms with Crippen molar-refractivity contribution in [3.8, 4) is 0 Å². The predicted octanol–water partition coefficient (Wildman–Crippen LogP) is 2.35. The second-order valence-electron chi connectivity index (χ2n) is 6.01. The van der Waals surface area contributed by atoms with Crippen LogP contribution < -0.4 is 10.6 Å². The van der Waals surface area contributed by atoms with Gasteiger partial charge in [-0.05, 0) is 51.0 Å². The Morgan fingerprint density at radius 3 is 2.43 bits per heavy atom. The number of amides is 1. The van der Waals surface area contributed by atoms with Crippen LogP contribution in [0.25, 0.3) is 0 Å². The van der Waals surface area contributed by atoms with Crippen LogP contribution >= 0.6 is 12.4 Å². The van der Waals surface area contributed by atoms with Gasteiger partial charge in [0.1, 0.15) is 0 Å². The summed E-state index contributed by atoms with van der Waals surface area (Å²) in [4.78, 5) is 14.3. The van der Waals surface area contributed by atoms with Crippen molar-refractivity contribution in [1.82, 2.24) is 10.2 Å². The first-order valence-corrected chi connectivity index (χ1v) is 7.29. The highest BCUT2D eigenvalue weighted by Crippen LogP contribution is 2.14. The quantitative estimate of drug-likeness (QED) is 0.900. The van der Waals surface area contributed by atoms with Crippen LogP contribution in [0.15, 0.2) is 18.2 Å². The second-order valence-corrected chi connectivity index (χ2v) is 6.01. The van der Waals surface area contributed by atoms with Gasteiger partial charge >= 0.3 is 0 Å². The molecule has 1 saturated heterocycles. The smallest absolute Gasteiger partial charge is 0.238 e. The summed E-state index contributed by atoms with van der Waals surface area (Å²) in [6.45, 7) is 10.8. The van der Waals surface area contributed by atoms with Crippen molar-refractivity contribution in [3.05, 3.63) is 29.3 Å². The molecule has 4 nitrogen and oxygen atoms in total. The van der Waals surface area contributed by atoms with Crippen LogP contribution in [0.4, 0.5) is 5.69 Å². The number of carbonyl (C=O) groups is 1. The van der Waals surface area contributed by atoms with E-state index in [1.807, 2.05) is 18.2 Å². The van der Waals surface area contributed by atoms with Gasteiger partial charge in [-0.15, -0.1) is 12.4 Å². The molecule has 1 amide bonds. The Bertz CT molecular complexity index is 482. The zero-order valence-corrected chi connectivity index (χ0v) is 14.1. The molecule has 0 radical (unpaired) electrons. The monoisotopic (exact) mass is 311 g/mol. The first-order chi connectivity index (χ1) is 9.44. The van der Waals surface area contributed by atoms with E-state index in [4.69, 9.17) is 0 Å². The van der Waals surface area contributed by atoms with Crippen molar-refractivity contribution in [2.45, 2.75) is 39.8 Å². The first kappa shape index (κ1) is 18.0. The molecule has 5 heteroatoms. The van der Waals surface area contributed by atoms with Crippen LogP contribution in [0.5, 0.6) is 0 Å². The number of benzene rings is 1. The van der Waals surface area contributed by atoms with Gasteiger partial charge < -0.3 is 10.6 Å². The van der Waals surface area contributed by atoms with Gasteiger partial charge in [-0.25, -0.2) is 0 Å². The van der Waals surface area contributed by atoms with Gasteiger partial charge in [0.05, 0.1) is 6.54 Å². The van der Waals surface area contributed by atoms with Crippen molar-refractivity contribution < 1.29 is 4.79 Å². The maximum atomic E-state index is 12.1. The van der Waals surface area contributed by atoms with Gasteiger partial charge in [-0.3, -0.25) is 9.69 Å². The lowest BCUT2D eigenvalue weighted by atomic mass is 10.1. The molecule has 1 heterocycles. The molecule has 2 rings (SSSR count). The SMILES string of the molecule is Cc1ccc(NC(=O)CN2CC(C)NC(C)C2)cc1C.Cl. The van der Waals surface area contributed by atoms with Gasteiger partial charge in [-0.2, -0.15) is 0 Å². The molecule has 0 bridgehead atoms. The van der Waals surface area contributed by atoms with Crippen LogP contribution in [0.3, 0.4) is 0 Å². The summed E-state index contributed by atoms with van der Waals surface area (Å²) in [5.41, 5.74) is 3.33. The van der Waals surface area contributed by atoms with E-state index in [-0.39, 0.29) is 18.3 Å². The summed E-state index contributed by atoms with van der Waals surface area (Å²) in [6, 6.07) is 6.90. The Labute approximate surface area is 133 Å². The third-order valence-electron chi connectivity index (χ3n) is 3.79. The average molecular weight is 312 g/mol. The third-order valence-corrected chi connectivity index (χ3v) is 3.79. The highest BCUT2D eigenvalue weighted by molar-refractivity contribution is 5.92. The van der Waals surface area contributed by atoms with E-state index in [1.54, 1.807) is 0 Å². The van der Waals surface area contributed by atoms with Gasteiger partial charge in [0.25, 0.3) is 0 Å². The lowest BCUT2D eigenvalue weighted by Gasteiger charge is -2.35. The van der Waals surface area contributed by atoms with Gasteiger partial charge in [-0.1, -0.05) is 6.07 Å². The van der Waals surface area contributed by atoms with Crippen molar-refractivity contribution in [3.63, 3.8) is 0 Å². The molecule has 1 fully saturated rings. The number of hydrogen-bond acceptors (Lipinski definition) is 3. The van der Waals surface area contributed by atoms with E-state index in [2.05, 4.69) is 43.2 Å². The number of anilines is 1. The number of rotatable bonds is 3. The van der Waals surface area contributed by atoms with Crippen molar-refractivity contribution >= 4 is 24.0 Å². The summed E-state index contributed by atoms with van der Waals surface area (Å²) >= 11 is 0. The zero-order chi connectivity index (χ0) is 14.7. The lowest BCUT2D eigenvalue weighted by Crippen LogP contribution is -2.55. The Hall–Kier alpha value is -1.10. The number of hydrogen-bond donors (Lipinski definition) is 2. The molecule has 0 saturated carbocycles. The first-order valence-electron chi connectivity index (χ1n) is 7.29. The molecule has 2 unspecified atom stereocenters. The Morgan fingerprint density at radius 1 is 1.24 bits per heavy atom. The van der Waals surface area contributed by atoms with E-state index in [1.165, 1.54) is 11.1 Å². The number of carbonyl (C=O) groups excluding carboxylic acids is 1. The molecule has 1 aliphatic rings. The predicted molar refractivity (Wildman–Crippen MR) is 90.3 cm³/mol. The molecule has 2 atom stereocenters. The van der Waals surface area contributed by atoms with Crippen molar-refractivity contribution in [2.75, 3.05) is 25.0 Å². The van der Waals surface area contributed by atoms with Crippen molar-refractivity contribution in [2.24, 2.45) is 0 Å². The average Bonchev–Trinajstić information content (AvgIpc) is 2.32. The second kappa shape index (κ2) is 7.78. The molecular weight excluding hydrogens is 286 g/mol. The molecule has 21 heavy (non-hydrogen) atoms. The molecule has 0 spiro atoms. The Kier molecular flexibility index (Phi) is 6.65. The van der Waals surface area contributed by atoms with Gasteiger partial charge in [0.2, 0.25) is 5.91 Å². The van der Waals surface area contributed by atoms with Gasteiger partial charge in [0, 0.05) is 30.9 Å². The van der Waals surface area contributed by atoms with E-state index < -0.39 is 0 Å². The molecule has 1 aromatic carbocycles. The molecule has 1 aromatic rings. The number of aryl methyl sites for hydroxylation is 2. The van der Waals surface area contributed by atoms with Gasteiger partial charge in [0.15, 0.2) is 0 Å². The summed E-state index contributed by atoms with van der Waals surface area (Å²) in [6.07, 6.45) is 0. The van der Waals surface area contributed by atoms with Crippen LogP contribution in [0, 0.1) is 13.8 Å². The maximum Gasteiger partial charge on any atom is 0.238 e. The molecule has 0 aliphatic carbocycles. The fourth-order valence-corrected chi connectivity index (χ4v) is 2.79. The molecule has 2 N–H and O–H groups in total. The van der Waals surface area contributed by atoms with Crippen LogP contribution in [-0.4, -0.2) is 42.5 Å². The van der Waals surface area contributed by atoms with Crippen LogP contribution in [-0.2, 0) is 4.79 Å². The fourth-order valence-electron chi connectivity index (χ4n) is 2.79. The fraction of sp³-hybridized carbons (Fsp3) is 0.562. The topological polar surface area (TPSA) is 44.4 Å². The number of nitrogens with one attached hydrogen (secondary N) is 2. The highest BCUT2D eigenvalue weighted by Gasteiger charge is 2.22. The zero-order valence-electron chi connectivity index (χ0n) is 13.3. The minimum Gasteiger partial charge on any atom is -0.325 e. The minimum atomic E-state index is 0. The lowest BCUT2D eigenvalue weighted by molar-refractivity contribution is -0.117. The van der Waals surface area contributed by atoms with E-state index in [9.17, 15) is 4.79 Å². The summed E-state index contributed by atoms with van der Waals surface area (Å²) < 4.78 is 0.